The highest BCUT2D eigenvalue weighted by Crippen LogP contribution is 2.20. The normalized spacial score (nSPS) is 16.4. The molecule has 1 aliphatic rings. The van der Waals surface area contributed by atoms with Crippen LogP contribution >= 0.6 is 0 Å². The van der Waals surface area contributed by atoms with Gasteiger partial charge in [0.1, 0.15) is 5.75 Å². The number of aliphatic imine (C=N–C) groups is 1. The van der Waals surface area contributed by atoms with Gasteiger partial charge < -0.3 is 20.1 Å². The number of ether oxygens (including phenoxy) is 2. The van der Waals surface area contributed by atoms with Crippen molar-refractivity contribution in [3.63, 3.8) is 0 Å². The minimum Gasteiger partial charge on any atom is -0.494 e. The van der Waals surface area contributed by atoms with Crippen LogP contribution in [0.3, 0.4) is 0 Å². The van der Waals surface area contributed by atoms with Crippen molar-refractivity contribution in [2.45, 2.75) is 39.8 Å². The highest BCUT2D eigenvalue weighted by Gasteiger charge is 2.28. The third-order valence-corrected chi connectivity index (χ3v) is 4.75. The number of hydrogen-bond donors (Lipinski definition) is 2. The number of rotatable bonds is 7. The maximum Gasteiger partial charge on any atom is 0.191 e. The van der Waals surface area contributed by atoms with Gasteiger partial charge in [-0.2, -0.15) is 0 Å². The second kappa shape index (κ2) is 9.78. The molecule has 1 aliphatic heterocycles. The predicted molar refractivity (Wildman–Crippen MR) is 107 cm³/mol. The van der Waals surface area contributed by atoms with Crippen LogP contribution in [0.1, 0.15) is 31.9 Å². The lowest BCUT2D eigenvalue weighted by molar-refractivity contribution is -0.00834. The van der Waals surface area contributed by atoms with E-state index in [9.17, 15) is 0 Å². The first kappa shape index (κ1) is 20.5. The zero-order valence-corrected chi connectivity index (χ0v) is 16.9. The Bertz CT molecular complexity index is 595. The van der Waals surface area contributed by atoms with Crippen LogP contribution in [0.4, 0.5) is 0 Å². The number of nitrogens with one attached hydrogen (secondary N) is 2. The van der Waals surface area contributed by atoms with E-state index in [4.69, 9.17) is 9.47 Å². The quantitative estimate of drug-likeness (QED) is 0.575. The standard InChI is InChI=1S/C20H34N4O2/c1-6-26-18-13-16(2)7-8-17(18)14-22-19(21-5)23-15-20(3,4)24-9-11-25-12-10-24/h7-8,13H,6,9-12,14-15H2,1-5H3,(H2,21,22,23). The van der Waals surface area contributed by atoms with Crippen molar-refractivity contribution in [1.82, 2.24) is 15.5 Å². The number of morpholine rings is 1. The lowest BCUT2D eigenvalue weighted by Gasteiger charge is -2.41. The van der Waals surface area contributed by atoms with Crippen LogP contribution in [0.2, 0.25) is 0 Å². The minimum absolute atomic E-state index is 0.0434. The molecular weight excluding hydrogens is 328 g/mol. The zero-order valence-electron chi connectivity index (χ0n) is 16.9. The first-order valence-corrected chi connectivity index (χ1v) is 9.46. The largest absolute Gasteiger partial charge is 0.494 e. The average Bonchev–Trinajstić information content (AvgIpc) is 2.64. The highest BCUT2D eigenvalue weighted by atomic mass is 16.5. The summed E-state index contributed by atoms with van der Waals surface area (Å²) in [5.41, 5.74) is 2.38. The molecule has 6 heteroatoms. The minimum atomic E-state index is 0.0434. The summed E-state index contributed by atoms with van der Waals surface area (Å²) in [7, 11) is 1.80. The topological polar surface area (TPSA) is 58.1 Å². The Morgan fingerprint density at radius 2 is 2.00 bits per heavy atom. The van der Waals surface area contributed by atoms with E-state index in [0.29, 0.717) is 13.2 Å². The molecule has 0 atom stereocenters. The van der Waals surface area contributed by atoms with Gasteiger partial charge in [-0.3, -0.25) is 9.89 Å². The van der Waals surface area contributed by atoms with E-state index in [-0.39, 0.29) is 5.54 Å². The Kier molecular flexibility index (Phi) is 7.72. The zero-order chi connectivity index (χ0) is 19.0. The van der Waals surface area contributed by atoms with Gasteiger partial charge in [-0.25, -0.2) is 0 Å². The van der Waals surface area contributed by atoms with Crippen LogP contribution in [0.25, 0.3) is 0 Å². The molecule has 1 aromatic carbocycles. The van der Waals surface area contributed by atoms with Gasteiger partial charge in [-0.15, -0.1) is 0 Å². The molecule has 26 heavy (non-hydrogen) atoms. The van der Waals surface area contributed by atoms with Crippen molar-refractivity contribution in [3.8, 4) is 5.75 Å². The van der Waals surface area contributed by atoms with Crippen molar-refractivity contribution in [1.29, 1.82) is 0 Å². The van der Waals surface area contributed by atoms with Crippen molar-refractivity contribution in [2.75, 3.05) is 46.5 Å². The van der Waals surface area contributed by atoms with Crippen LogP contribution in [0.15, 0.2) is 23.2 Å². The summed E-state index contributed by atoms with van der Waals surface area (Å²) >= 11 is 0. The summed E-state index contributed by atoms with van der Waals surface area (Å²) in [6.07, 6.45) is 0. The van der Waals surface area contributed by atoms with Crippen molar-refractivity contribution in [3.05, 3.63) is 29.3 Å². The van der Waals surface area contributed by atoms with Crippen LogP contribution in [0, 0.1) is 6.92 Å². The van der Waals surface area contributed by atoms with E-state index >= 15 is 0 Å². The van der Waals surface area contributed by atoms with Crippen molar-refractivity contribution >= 4 is 5.96 Å². The highest BCUT2D eigenvalue weighted by molar-refractivity contribution is 5.79. The van der Waals surface area contributed by atoms with Gasteiger partial charge in [-0.05, 0) is 39.3 Å². The molecule has 146 valence electrons. The SMILES string of the molecule is CCOc1cc(C)ccc1CNC(=NC)NCC(C)(C)N1CCOCC1. The van der Waals surface area contributed by atoms with Gasteiger partial charge in [0.25, 0.3) is 0 Å². The monoisotopic (exact) mass is 362 g/mol. The Labute approximate surface area is 158 Å². The van der Waals surface area contributed by atoms with Gasteiger partial charge in [0, 0.05) is 44.3 Å². The van der Waals surface area contributed by atoms with Crippen LogP contribution < -0.4 is 15.4 Å². The molecule has 0 bridgehead atoms. The summed E-state index contributed by atoms with van der Waals surface area (Å²) in [5, 5.41) is 6.85. The molecule has 1 saturated heterocycles. The molecule has 2 N–H and O–H groups in total. The molecule has 0 aromatic heterocycles. The molecule has 0 saturated carbocycles. The molecule has 0 unspecified atom stereocenters. The van der Waals surface area contributed by atoms with Crippen molar-refractivity contribution in [2.24, 2.45) is 4.99 Å². The molecule has 2 rings (SSSR count). The van der Waals surface area contributed by atoms with E-state index in [1.165, 1.54) is 5.56 Å². The summed E-state index contributed by atoms with van der Waals surface area (Å²) in [6, 6.07) is 6.30. The van der Waals surface area contributed by atoms with Crippen LogP contribution in [0.5, 0.6) is 5.75 Å². The van der Waals surface area contributed by atoms with E-state index in [2.05, 4.69) is 59.5 Å². The molecule has 0 amide bonds. The summed E-state index contributed by atoms with van der Waals surface area (Å²) in [4.78, 5) is 6.82. The van der Waals surface area contributed by atoms with Crippen LogP contribution in [-0.2, 0) is 11.3 Å². The smallest absolute Gasteiger partial charge is 0.191 e. The van der Waals surface area contributed by atoms with Gasteiger partial charge in [0.2, 0.25) is 0 Å². The fourth-order valence-electron chi connectivity index (χ4n) is 3.08. The Morgan fingerprint density at radius 3 is 2.65 bits per heavy atom. The molecule has 0 radical (unpaired) electrons. The molecule has 0 spiro atoms. The summed E-state index contributed by atoms with van der Waals surface area (Å²) < 4.78 is 11.2. The molecule has 1 fully saturated rings. The third-order valence-electron chi connectivity index (χ3n) is 4.75. The lowest BCUT2D eigenvalue weighted by Crippen LogP contribution is -2.56. The van der Waals surface area contributed by atoms with Gasteiger partial charge >= 0.3 is 0 Å². The number of hydrogen-bond acceptors (Lipinski definition) is 4. The molecule has 0 aliphatic carbocycles. The number of aryl methyl sites for hydroxylation is 1. The van der Waals surface area contributed by atoms with Gasteiger partial charge in [0.05, 0.1) is 19.8 Å². The van der Waals surface area contributed by atoms with E-state index in [0.717, 1.165) is 50.1 Å². The second-order valence-corrected chi connectivity index (χ2v) is 7.24. The molecular formula is C20H34N4O2. The van der Waals surface area contributed by atoms with Crippen LogP contribution in [-0.4, -0.2) is 62.9 Å². The molecule has 1 aromatic rings. The molecule has 6 nitrogen and oxygen atoms in total. The predicted octanol–water partition coefficient (Wildman–Crippen LogP) is 2.17. The number of guanidine groups is 1. The fourth-order valence-corrected chi connectivity index (χ4v) is 3.08. The van der Waals surface area contributed by atoms with Gasteiger partial charge in [0.15, 0.2) is 5.96 Å². The molecule has 1 heterocycles. The van der Waals surface area contributed by atoms with E-state index < -0.39 is 0 Å². The first-order valence-electron chi connectivity index (χ1n) is 9.46. The summed E-state index contributed by atoms with van der Waals surface area (Å²) in [6.45, 7) is 14.3. The fraction of sp³-hybridized carbons (Fsp3) is 0.650. The van der Waals surface area contributed by atoms with E-state index in [1.54, 1.807) is 7.05 Å². The van der Waals surface area contributed by atoms with Gasteiger partial charge in [-0.1, -0.05) is 12.1 Å². The van der Waals surface area contributed by atoms with Crippen molar-refractivity contribution < 1.29 is 9.47 Å². The number of benzene rings is 1. The second-order valence-electron chi connectivity index (χ2n) is 7.24. The Morgan fingerprint density at radius 1 is 1.27 bits per heavy atom. The number of nitrogens with zero attached hydrogens (tertiary/aromatic N) is 2. The summed E-state index contributed by atoms with van der Waals surface area (Å²) in [5.74, 6) is 1.73. The average molecular weight is 363 g/mol. The Hall–Kier alpha value is -1.79. The maximum absolute atomic E-state index is 5.76. The maximum atomic E-state index is 5.76. The Balaban J connectivity index is 1.90. The third kappa shape index (κ3) is 5.88. The lowest BCUT2D eigenvalue weighted by atomic mass is 10.0. The van der Waals surface area contributed by atoms with E-state index in [1.807, 2.05) is 6.92 Å². The first-order chi connectivity index (χ1) is 12.5.